The zero-order chi connectivity index (χ0) is 9.00. The number of nitrogens with one attached hydrogen (secondary N) is 1. The van der Waals surface area contributed by atoms with Crippen LogP contribution in [0.1, 0.15) is 13.3 Å². The van der Waals surface area contributed by atoms with Crippen LogP contribution in [0.15, 0.2) is 0 Å². The summed E-state index contributed by atoms with van der Waals surface area (Å²) in [6, 6.07) is 0.849. The van der Waals surface area contributed by atoms with Crippen molar-refractivity contribution < 1.29 is 14.6 Å². The first-order valence-corrected chi connectivity index (χ1v) is 5.03. The fourth-order valence-corrected chi connectivity index (χ4v) is 2.53. The number of hydrogen-bond donors (Lipinski definition) is 2. The van der Waals surface area contributed by atoms with Crippen LogP contribution in [0.3, 0.4) is 0 Å². The van der Waals surface area contributed by atoms with Gasteiger partial charge in [-0.3, -0.25) is 0 Å². The van der Waals surface area contributed by atoms with E-state index in [0.717, 1.165) is 6.42 Å². The van der Waals surface area contributed by atoms with Crippen LogP contribution in [0.2, 0.25) is 0 Å². The summed E-state index contributed by atoms with van der Waals surface area (Å²) >= 11 is 0. The van der Waals surface area contributed by atoms with E-state index >= 15 is 0 Å². The highest BCUT2D eigenvalue weighted by atomic mass is 16.6. The highest BCUT2D eigenvalue weighted by Gasteiger charge is 2.62. The van der Waals surface area contributed by atoms with E-state index in [2.05, 4.69) is 12.2 Å². The van der Waals surface area contributed by atoms with Crippen molar-refractivity contribution in [1.82, 2.24) is 5.32 Å². The first kappa shape index (κ1) is 8.17. The quantitative estimate of drug-likeness (QED) is 0.557. The van der Waals surface area contributed by atoms with E-state index in [1.54, 1.807) is 0 Å². The van der Waals surface area contributed by atoms with Gasteiger partial charge in [-0.25, -0.2) is 0 Å². The Morgan fingerprint density at radius 1 is 1.23 bits per heavy atom. The first-order valence-electron chi connectivity index (χ1n) is 5.03. The maximum Gasteiger partial charge on any atom is 0.114 e. The molecule has 0 spiro atoms. The van der Waals surface area contributed by atoms with Crippen LogP contribution >= 0.6 is 0 Å². The topological polar surface area (TPSA) is 54.0 Å². The molecule has 0 radical (unpaired) electrons. The van der Waals surface area contributed by atoms with E-state index in [0.29, 0.717) is 18.2 Å². The van der Waals surface area contributed by atoms with Gasteiger partial charge in [-0.2, -0.15) is 0 Å². The second kappa shape index (κ2) is 2.67. The van der Waals surface area contributed by atoms with Crippen molar-refractivity contribution in [3.8, 4) is 0 Å². The van der Waals surface area contributed by atoms with Crippen molar-refractivity contribution in [2.24, 2.45) is 0 Å². The van der Waals surface area contributed by atoms with Crippen molar-refractivity contribution in [2.75, 3.05) is 6.61 Å². The van der Waals surface area contributed by atoms with E-state index in [1.807, 2.05) is 0 Å². The van der Waals surface area contributed by atoms with Gasteiger partial charge >= 0.3 is 0 Å². The third-order valence-corrected chi connectivity index (χ3v) is 3.39. The number of hydrogen-bond acceptors (Lipinski definition) is 4. The fraction of sp³-hybridized carbons (Fsp3) is 1.00. The van der Waals surface area contributed by atoms with Crippen molar-refractivity contribution in [3.05, 3.63) is 0 Å². The summed E-state index contributed by atoms with van der Waals surface area (Å²) in [6.07, 6.45) is 1.72. The third-order valence-electron chi connectivity index (χ3n) is 3.39. The molecule has 3 aliphatic rings. The molecule has 0 bridgehead atoms. The molecule has 6 unspecified atom stereocenters. The monoisotopic (exact) mass is 185 g/mol. The van der Waals surface area contributed by atoms with Crippen LogP contribution in [0.4, 0.5) is 0 Å². The van der Waals surface area contributed by atoms with E-state index in [-0.39, 0.29) is 24.9 Å². The van der Waals surface area contributed by atoms with Gasteiger partial charge in [0.1, 0.15) is 18.3 Å². The van der Waals surface area contributed by atoms with Crippen LogP contribution in [0.25, 0.3) is 0 Å². The lowest BCUT2D eigenvalue weighted by Gasteiger charge is -2.48. The Morgan fingerprint density at radius 3 is 2.77 bits per heavy atom. The van der Waals surface area contributed by atoms with E-state index in [1.165, 1.54) is 0 Å². The zero-order valence-corrected chi connectivity index (χ0v) is 7.64. The molecule has 0 aromatic heterocycles. The Bertz CT molecular complexity index is 223. The minimum atomic E-state index is -0.0811. The van der Waals surface area contributed by atoms with Gasteiger partial charge in [-0.05, 0) is 6.42 Å². The molecule has 3 saturated heterocycles. The fourth-order valence-electron chi connectivity index (χ4n) is 2.53. The molecule has 3 rings (SSSR count). The van der Waals surface area contributed by atoms with E-state index in [4.69, 9.17) is 14.6 Å². The smallest absolute Gasteiger partial charge is 0.114 e. The predicted molar refractivity (Wildman–Crippen MR) is 45.4 cm³/mol. The molecule has 3 heterocycles. The Morgan fingerprint density at radius 2 is 2.08 bits per heavy atom. The summed E-state index contributed by atoms with van der Waals surface area (Å²) in [7, 11) is 0. The number of aliphatic hydroxyl groups is 1. The molecule has 4 nitrogen and oxygen atoms in total. The molecule has 6 atom stereocenters. The van der Waals surface area contributed by atoms with Gasteiger partial charge in [0.25, 0.3) is 0 Å². The number of ether oxygens (including phenoxy) is 2. The van der Waals surface area contributed by atoms with Gasteiger partial charge in [-0.1, -0.05) is 6.92 Å². The van der Waals surface area contributed by atoms with Gasteiger partial charge in [-0.15, -0.1) is 0 Å². The van der Waals surface area contributed by atoms with Crippen molar-refractivity contribution in [1.29, 1.82) is 0 Å². The molecule has 0 amide bonds. The molecule has 13 heavy (non-hydrogen) atoms. The molecule has 0 aromatic carbocycles. The van der Waals surface area contributed by atoms with Crippen LogP contribution in [0, 0.1) is 0 Å². The molecule has 0 aromatic rings. The summed E-state index contributed by atoms with van der Waals surface area (Å²) in [6.45, 7) is 2.23. The molecule has 3 aliphatic heterocycles. The second-order valence-corrected chi connectivity index (χ2v) is 4.09. The summed E-state index contributed by atoms with van der Waals surface area (Å²) in [5, 5.41) is 12.5. The minimum Gasteiger partial charge on any atom is -0.394 e. The number of aliphatic hydroxyl groups excluding tert-OH is 1. The average Bonchev–Trinajstić information content (AvgIpc) is 2.85. The van der Waals surface area contributed by atoms with Crippen molar-refractivity contribution >= 4 is 0 Å². The lowest BCUT2D eigenvalue weighted by molar-refractivity contribution is -0.129. The highest BCUT2D eigenvalue weighted by Crippen LogP contribution is 2.42. The average molecular weight is 185 g/mol. The Labute approximate surface area is 77.2 Å². The van der Waals surface area contributed by atoms with Crippen LogP contribution in [-0.2, 0) is 9.47 Å². The SMILES string of the molecule is CCC1NC2C1OC(CO)C1OC21. The molecule has 4 heteroatoms. The molecule has 0 aliphatic carbocycles. The normalized spacial score (nSPS) is 57.7. The number of epoxide rings is 1. The van der Waals surface area contributed by atoms with Crippen molar-refractivity contribution in [3.63, 3.8) is 0 Å². The van der Waals surface area contributed by atoms with E-state index < -0.39 is 0 Å². The van der Waals surface area contributed by atoms with Gasteiger partial charge < -0.3 is 19.9 Å². The number of rotatable bonds is 2. The predicted octanol–water partition coefficient (Wildman–Crippen LogP) is -0.736. The Hall–Kier alpha value is -0.160. The van der Waals surface area contributed by atoms with Crippen LogP contribution in [-0.4, -0.2) is 48.2 Å². The summed E-state index contributed by atoms with van der Waals surface area (Å²) in [5.41, 5.74) is 0. The maximum absolute atomic E-state index is 9.05. The molecule has 3 fully saturated rings. The Kier molecular flexibility index (Phi) is 1.68. The minimum absolute atomic E-state index is 0.0811. The van der Waals surface area contributed by atoms with Gasteiger partial charge in [0.2, 0.25) is 0 Å². The first-order chi connectivity index (χ1) is 6.35. The molecule has 0 saturated carbocycles. The molecule has 2 N–H and O–H groups in total. The molecular weight excluding hydrogens is 170 g/mol. The number of fused-ring (bicyclic) bond motifs is 3. The highest BCUT2D eigenvalue weighted by molar-refractivity contribution is 5.15. The standard InChI is InChI=1S/C9H15NO3/c1-2-4-7-6(10-4)9-8(13-9)5(3-11)12-7/h4-11H,2-3H2,1H3. The maximum atomic E-state index is 9.05. The van der Waals surface area contributed by atoms with Crippen molar-refractivity contribution in [2.45, 2.75) is 49.8 Å². The van der Waals surface area contributed by atoms with Crippen LogP contribution in [0.5, 0.6) is 0 Å². The summed E-state index contributed by atoms with van der Waals surface area (Å²) in [5.74, 6) is 0. The second-order valence-electron chi connectivity index (χ2n) is 4.09. The van der Waals surface area contributed by atoms with Gasteiger partial charge in [0, 0.05) is 6.04 Å². The molecular formula is C9H15NO3. The summed E-state index contributed by atoms with van der Waals surface area (Å²) < 4.78 is 11.2. The third kappa shape index (κ3) is 1.00. The lowest BCUT2D eigenvalue weighted by atomic mass is 9.84. The lowest BCUT2D eigenvalue weighted by Crippen LogP contribution is -2.71. The van der Waals surface area contributed by atoms with E-state index in [9.17, 15) is 0 Å². The largest absolute Gasteiger partial charge is 0.394 e. The Balaban J connectivity index is 1.71. The summed E-state index contributed by atoms with van der Waals surface area (Å²) in [4.78, 5) is 0. The zero-order valence-electron chi connectivity index (χ0n) is 7.64. The molecule has 74 valence electrons. The van der Waals surface area contributed by atoms with Crippen LogP contribution < -0.4 is 5.32 Å². The van der Waals surface area contributed by atoms with Gasteiger partial charge in [0.15, 0.2) is 0 Å². The van der Waals surface area contributed by atoms with Gasteiger partial charge in [0.05, 0.1) is 18.8 Å².